The third kappa shape index (κ3) is 4.57. The van der Waals surface area contributed by atoms with Gasteiger partial charge < -0.3 is 0 Å². The first-order valence-corrected chi connectivity index (χ1v) is 8.97. The van der Waals surface area contributed by atoms with E-state index in [1.807, 2.05) is 55.6 Å². The molecule has 0 aliphatic heterocycles. The van der Waals surface area contributed by atoms with Crippen molar-refractivity contribution >= 4 is 11.9 Å². The van der Waals surface area contributed by atoms with Crippen molar-refractivity contribution in [3.63, 3.8) is 0 Å². The average Bonchev–Trinajstić information content (AvgIpc) is 3.15. The van der Waals surface area contributed by atoms with Gasteiger partial charge in [-0.3, -0.25) is 20.0 Å². The highest BCUT2D eigenvalue weighted by Crippen LogP contribution is 2.19. The second-order valence-electron chi connectivity index (χ2n) is 6.40. The quantitative estimate of drug-likeness (QED) is 0.697. The Kier molecular flexibility index (Phi) is 5.93. The van der Waals surface area contributed by atoms with Crippen LogP contribution in [0.25, 0.3) is 0 Å². The van der Waals surface area contributed by atoms with Crippen LogP contribution in [0.5, 0.6) is 0 Å². The molecule has 0 aliphatic carbocycles. The molecule has 7 heteroatoms. The highest BCUT2D eigenvalue weighted by Gasteiger charge is 2.14. The van der Waals surface area contributed by atoms with E-state index >= 15 is 0 Å². The van der Waals surface area contributed by atoms with Crippen LogP contribution in [0.4, 0.5) is 5.95 Å². The molecule has 1 aromatic carbocycles. The lowest BCUT2D eigenvalue weighted by Gasteiger charge is -2.24. The fraction of sp³-hybridized carbons (Fsp3) is 0.300. The van der Waals surface area contributed by atoms with E-state index in [0.717, 1.165) is 17.8 Å². The Morgan fingerprint density at radius 2 is 1.96 bits per heavy atom. The SMILES string of the molecule is CCn1ncnc1NC(=O)c1ccc(CN(C)[C@H](C)c2ccccn2)cc1. The fourth-order valence-electron chi connectivity index (χ4n) is 2.80. The summed E-state index contributed by atoms with van der Waals surface area (Å²) in [7, 11) is 2.07. The lowest BCUT2D eigenvalue weighted by Crippen LogP contribution is -2.22. The molecule has 140 valence electrons. The number of rotatable bonds is 7. The van der Waals surface area contributed by atoms with E-state index in [4.69, 9.17) is 0 Å². The normalized spacial score (nSPS) is 12.1. The molecular formula is C20H24N6O. The van der Waals surface area contributed by atoms with E-state index in [1.54, 1.807) is 4.68 Å². The van der Waals surface area contributed by atoms with Gasteiger partial charge in [-0.25, -0.2) is 4.68 Å². The molecule has 0 radical (unpaired) electrons. The first-order valence-electron chi connectivity index (χ1n) is 8.97. The van der Waals surface area contributed by atoms with Gasteiger partial charge in [-0.2, -0.15) is 10.1 Å². The van der Waals surface area contributed by atoms with Crippen molar-refractivity contribution < 1.29 is 4.79 Å². The van der Waals surface area contributed by atoms with E-state index in [-0.39, 0.29) is 11.9 Å². The molecule has 0 saturated carbocycles. The number of aryl methyl sites for hydroxylation is 1. The van der Waals surface area contributed by atoms with Crippen molar-refractivity contribution in [1.29, 1.82) is 0 Å². The molecule has 1 amide bonds. The molecule has 0 fully saturated rings. The number of nitrogens with one attached hydrogen (secondary N) is 1. The van der Waals surface area contributed by atoms with Crippen LogP contribution in [-0.2, 0) is 13.1 Å². The van der Waals surface area contributed by atoms with Crippen LogP contribution in [-0.4, -0.2) is 37.6 Å². The number of pyridine rings is 1. The Labute approximate surface area is 159 Å². The van der Waals surface area contributed by atoms with Gasteiger partial charge in [0.25, 0.3) is 5.91 Å². The van der Waals surface area contributed by atoms with E-state index in [0.29, 0.717) is 18.1 Å². The van der Waals surface area contributed by atoms with E-state index in [9.17, 15) is 4.79 Å². The molecule has 0 spiro atoms. The first kappa shape index (κ1) is 18.7. The topological polar surface area (TPSA) is 75.9 Å². The van der Waals surface area contributed by atoms with Gasteiger partial charge in [0, 0.05) is 30.9 Å². The molecule has 2 heterocycles. The van der Waals surface area contributed by atoms with Crippen molar-refractivity contribution in [3.8, 4) is 0 Å². The van der Waals surface area contributed by atoms with Crippen LogP contribution in [0.1, 0.15) is 41.5 Å². The van der Waals surface area contributed by atoms with Crippen LogP contribution in [0.2, 0.25) is 0 Å². The molecular weight excluding hydrogens is 340 g/mol. The summed E-state index contributed by atoms with van der Waals surface area (Å²) in [5.74, 6) is 0.259. The number of anilines is 1. The van der Waals surface area contributed by atoms with Gasteiger partial charge in [-0.05, 0) is 50.7 Å². The number of hydrogen-bond acceptors (Lipinski definition) is 5. The highest BCUT2D eigenvalue weighted by atomic mass is 16.1. The van der Waals surface area contributed by atoms with Crippen molar-refractivity contribution in [3.05, 3.63) is 71.8 Å². The second-order valence-corrected chi connectivity index (χ2v) is 6.40. The summed E-state index contributed by atoms with van der Waals surface area (Å²) in [5.41, 5.74) is 2.76. The predicted molar refractivity (Wildman–Crippen MR) is 104 cm³/mol. The molecule has 1 N–H and O–H groups in total. The number of carbonyl (C=O) groups is 1. The van der Waals surface area contributed by atoms with Crippen LogP contribution in [0.15, 0.2) is 55.0 Å². The number of aromatic nitrogens is 4. The standard InChI is InChI=1S/C20H24N6O/c1-4-26-20(22-14-23-26)24-19(27)17-10-8-16(9-11-17)13-25(3)15(2)18-7-5-6-12-21-18/h5-12,14-15H,4,13H2,1-3H3,(H,22,23,24,27)/t15-/m1/s1. The fourth-order valence-corrected chi connectivity index (χ4v) is 2.80. The number of carbonyl (C=O) groups excluding carboxylic acids is 1. The Bertz CT molecular complexity index is 875. The maximum absolute atomic E-state index is 12.4. The summed E-state index contributed by atoms with van der Waals surface area (Å²) in [6.45, 7) is 5.49. The predicted octanol–water partition coefficient (Wildman–Crippen LogP) is 3.14. The molecule has 0 aliphatic rings. The van der Waals surface area contributed by atoms with Crippen molar-refractivity contribution in [1.82, 2.24) is 24.6 Å². The third-order valence-electron chi connectivity index (χ3n) is 4.57. The monoisotopic (exact) mass is 364 g/mol. The molecule has 2 aromatic heterocycles. The molecule has 0 saturated heterocycles. The second kappa shape index (κ2) is 8.55. The summed E-state index contributed by atoms with van der Waals surface area (Å²) in [5, 5.41) is 6.84. The summed E-state index contributed by atoms with van der Waals surface area (Å²) in [6.07, 6.45) is 3.24. The molecule has 7 nitrogen and oxygen atoms in total. The molecule has 1 atom stereocenters. The molecule has 27 heavy (non-hydrogen) atoms. The first-order chi connectivity index (χ1) is 13.1. The zero-order valence-corrected chi connectivity index (χ0v) is 15.8. The molecule has 3 aromatic rings. The smallest absolute Gasteiger partial charge is 0.258 e. The van der Waals surface area contributed by atoms with Gasteiger partial charge in [0.05, 0.1) is 5.69 Å². The van der Waals surface area contributed by atoms with Gasteiger partial charge >= 0.3 is 0 Å². The van der Waals surface area contributed by atoms with Crippen LogP contribution in [0, 0.1) is 0 Å². The number of hydrogen-bond donors (Lipinski definition) is 1. The van der Waals surface area contributed by atoms with Crippen molar-refractivity contribution in [2.24, 2.45) is 0 Å². The largest absolute Gasteiger partial charge is 0.294 e. The van der Waals surface area contributed by atoms with Gasteiger partial charge in [0.1, 0.15) is 6.33 Å². The zero-order chi connectivity index (χ0) is 19.2. The lowest BCUT2D eigenvalue weighted by atomic mass is 10.1. The number of nitrogens with zero attached hydrogens (tertiary/aromatic N) is 5. The Morgan fingerprint density at radius 1 is 1.19 bits per heavy atom. The van der Waals surface area contributed by atoms with Crippen molar-refractivity contribution in [2.45, 2.75) is 33.0 Å². The van der Waals surface area contributed by atoms with E-state index in [1.165, 1.54) is 6.33 Å². The van der Waals surface area contributed by atoms with Crippen molar-refractivity contribution in [2.75, 3.05) is 12.4 Å². The maximum atomic E-state index is 12.4. The average molecular weight is 364 g/mol. The molecule has 0 unspecified atom stereocenters. The van der Waals surface area contributed by atoms with Gasteiger partial charge in [0.2, 0.25) is 5.95 Å². The number of benzene rings is 1. The van der Waals surface area contributed by atoms with E-state index < -0.39 is 0 Å². The Morgan fingerprint density at radius 3 is 2.63 bits per heavy atom. The maximum Gasteiger partial charge on any atom is 0.258 e. The molecule has 0 bridgehead atoms. The lowest BCUT2D eigenvalue weighted by molar-refractivity contribution is 0.102. The number of amides is 1. The van der Waals surface area contributed by atoms with E-state index in [2.05, 4.69) is 39.3 Å². The highest BCUT2D eigenvalue weighted by molar-refractivity contribution is 6.03. The Balaban J connectivity index is 1.62. The minimum absolute atomic E-state index is 0.195. The minimum atomic E-state index is -0.195. The van der Waals surface area contributed by atoms with Crippen LogP contribution in [0.3, 0.4) is 0 Å². The molecule has 3 rings (SSSR count). The van der Waals surface area contributed by atoms with Crippen LogP contribution < -0.4 is 5.32 Å². The summed E-state index contributed by atoms with van der Waals surface area (Å²) in [4.78, 5) is 23.1. The Hall–Kier alpha value is -3.06. The van der Waals surface area contributed by atoms with Crippen LogP contribution >= 0.6 is 0 Å². The summed E-state index contributed by atoms with van der Waals surface area (Å²) < 4.78 is 1.64. The third-order valence-corrected chi connectivity index (χ3v) is 4.57. The zero-order valence-electron chi connectivity index (χ0n) is 15.8. The van der Waals surface area contributed by atoms with Gasteiger partial charge in [-0.1, -0.05) is 18.2 Å². The van der Waals surface area contributed by atoms with Gasteiger partial charge in [-0.15, -0.1) is 0 Å². The van der Waals surface area contributed by atoms with Gasteiger partial charge in [0.15, 0.2) is 0 Å². The summed E-state index contributed by atoms with van der Waals surface area (Å²) in [6, 6.07) is 13.8. The minimum Gasteiger partial charge on any atom is -0.294 e. The summed E-state index contributed by atoms with van der Waals surface area (Å²) >= 11 is 0.